The molecule has 4 rings (SSSR count). The lowest BCUT2D eigenvalue weighted by molar-refractivity contribution is -0.111. The monoisotopic (exact) mass is 427 g/mol. The van der Waals surface area contributed by atoms with E-state index in [-0.39, 0.29) is 5.91 Å². The van der Waals surface area contributed by atoms with Gasteiger partial charge in [0.05, 0.1) is 12.8 Å². The Morgan fingerprint density at radius 2 is 1.77 bits per heavy atom. The molecule has 2 N–H and O–H groups in total. The number of methoxy groups -OCH3 is 1. The number of ether oxygens (including phenoxy) is 1. The Morgan fingerprint density at radius 1 is 0.968 bits per heavy atom. The SMILES string of the molecule is COc1cccc(Nc2nc(-c3ccc(NC(=O)C=Cc4ccccc4)cc3)cs2)c1. The molecule has 5 nitrogen and oxygen atoms in total. The molecule has 0 aliphatic carbocycles. The molecule has 1 heterocycles. The molecule has 0 unspecified atom stereocenters. The second kappa shape index (κ2) is 9.73. The van der Waals surface area contributed by atoms with Crippen molar-refractivity contribution in [2.75, 3.05) is 17.7 Å². The number of hydrogen-bond acceptors (Lipinski definition) is 5. The van der Waals surface area contributed by atoms with Gasteiger partial charge in [-0.15, -0.1) is 11.3 Å². The number of anilines is 3. The van der Waals surface area contributed by atoms with Crippen molar-refractivity contribution in [1.82, 2.24) is 4.98 Å². The second-order valence-corrected chi connectivity index (χ2v) is 7.56. The molecule has 0 saturated carbocycles. The number of hydrogen-bond donors (Lipinski definition) is 2. The van der Waals surface area contributed by atoms with Crippen LogP contribution in [0.25, 0.3) is 17.3 Å². The van der Waals surface area contributed by atoms with Crippen molar-refractivity contribution >= 4 is 39.8 Å². The van der Waals surface area contributed by atoms with E-state index in [4.69, 9.17) is 4.74 Å². The van der Waals surface area contributed by atoms with Crippen LogP contribution in [-0.2, 0) is 4.79 Å². The maximum absolute atomic E-state index is 12.1. The van der Waals surface area contributed by atoms with Crippen molar-refractivity contribution < 1.29 is 9.53 Å². The van der Waals surface area contributed by atoms with Gasteiger partial charge in [0, 0.05) is 34.5 Å². The number of aromatic nitrogens is 1. The molecule has 0 spiro atoms. The predicted molar refractivity (Wildman–Crippen MR) is 128 cm³/mol. The largest absolute Gasteiger partial charge is 0.497 e. The third-order valence-electron chi connectivity index (χ3n) is 4.50. The fourth-order valence-corrected chi connectivity index (χ4v) is 3.67. The van der Waals surface area contributed by atoms with Crippen molar-refractivity contribution in [3.63, 3.8) is 0 Å². The summed E-state index contributed by atoms with van der Waals surface area (Å²) in [6.07, 6.45) is 3.32. The number of nitrogens with one attached hydrogen (secondary N) is 2. The standard InChI is InChI=1S/C25H21N3O2S/c1-30-22-9-5-8-21(16-22)27-25-28-23(17-31-25)19-11-13-20(14-12-19)26-24(29)15-10-18-6-3-2-4-7-18/h2-17H,1H3,(H,26,29)(H,27,28). The van der Waals surface area contributed by atoms with Crippen LogP contribution in [-0.4, -0.2) is 18.0 Å². The number of carbonyl (C=O) groups excluding carboxylic acids is 1. The molecule has 6 heteroatoms. The molecule has 4 aromatic rings. The minimum absolute atomic E-state index is 0.171. The first kappa shape index (κ1) is 20.4. The van der Waals surface area contributed by atoms with Gasteiger partial charge in [0.15, 0.2) is 5.13 Å². The first-order valence-electron chi connectivity index (χ1n) is 9.71. The van der Waals surface area contributed by atoms with Gasteiger partial charge >= 0.3 is 0 Å². The van der Waals surface area contributed by atoms with Crippen LogP contribution in [0.5, 0.6) is 5.75 Å². The molecule has 0 aliphatic heterocycles. The highest BCUT2D eigenvalue weighted by atomic mass is 32.1. The van der Waals surface area contributed by atoms with Crippen LogP contribution in [0.1, 0.15) is 5.56 Å². The molecule has 1 amide bonds. The van der Waals surface area contributed by atoms with Crippen LogP contribution in [0.4, 0.5) is 16.5 Å². The van der Waals surface area contributed by atoms with Gasteiger partial charge < -0.3 is 15.4 Å². The maximum atomic E-state index is 12.1. The molecule has 0 saturated heterocycles. The number of amides is 1. The molecule has 154 valence electrons. The van der Waals surface area contributed by atoms with Crippen LogP contribution < -0.4 is 15.4 Å². The Hall–Kier alpha value is -3.90. The van der Waals surface area contributed by atoms with Gasteiger partial charge in [-0.1, -0.05) is 48.5 Å². The van der Waals surface area contributed by atoms with Gasteiger partial charge in [0.2, 0.25) is 5.91 Å². The lowest BCUT2D eigenvalue weighted by atomic mass is 10.1. The summed E-state index contributed by atoms with van der Waals surface area (Å²) in [5.41, 5.74) is 4.48. The van der Waals surface area contributed by atoms with E-state index in [0.29, 0.717) is 0 Å². The zero-order chi connectivity index (χ0) is 21.5. The number of thiazole rings is 1. The minimum atomic E-state index is -0.171. The zero-order valence-corrected chi connectivity index (χ0v) is 17.7. The average Bonchev–Trinajstić information content (AvgIpc) is 3.27. The van der Waals surface area contributed by atoms with Crippen LogP contribution >= 0.6 is 11.3 Å². The van der Waals surface area contributed by atoms with Gasteiger partial charge in [0.25, 0.3) is 0 Å². The van der Waals surface area contributed by atoms with Gasteiger partial charge in [-0.25, -0.2) is 4.98 Å². The van der Waals surface area contributed by atoms with Crippen LogP contribution in [0.15, 0.2) is 90.3 Å². The minimum Gasteiger partial charge on any atom is -0.497 e. The number of rotatable bonds is 7. The average molecular weight is 428 g/mol. The summed E-state index contributed by atoms with van der Waals surface area (Å²) in [5.74, 6) is 0.619. The maximum Gasteiger partial charge on any atom is 0.248 e. The number of benzene rings is 3. The fourth-order valence-electron chi connectivity index (χ4n) is 2.93. The summed E-state index contributed by atoms with van der Waals surface area (Å²) in [5, 5.41) is 8.96. The van der Waals surface area contributed by atoms with Crippen LogP contribution in [0, 0.1) is 0 Å². The van der Waals surface area contributed by atoms with Crippen LogP contribution in [0.2, 0.25) is 0 Å². The molecule has 0 radical (unpaired) electrons. The van der Waals surface area contributed by atoms with E-state index in [1.165, 1.54) is 17.4 Å². The van der Waals surface area contributed by atoms with E-state index in [9.17, 15) is 4.79 Å². The van der Waals surface area contributed by atoms with Gasteiger partial charge in [-0.2, -0.15) is 0 Å². The fraction of sp³-hybridized carbons (Fsp3) is 0.0400. The summed E-state index contributed by atoms with van der Waals surface area (Å²) in [4.78, 5) is 16.8. The van der Waals surface area contributed by atoms with Crippen molar-refractivity contribution in [3.05, 3.63) is 95.9 Å². The van der Waals surface area contributed by atoms with E-state index in [2.05, 4.69) is 15.6 Å². The highest BCUT2D eigenvalue weighted by molar-refractivity contribution is 7.14. The Bertz CT molecular complexity index is 1180. The van der Waals surface area contributed by atoms with Crippen LogP contribution in [0.3, 0.4) is 0 Å². The van der Waals surface area contributed by atoms with Crippen molar-refractivity contribution in [2.24, 2.45) is 0 Å². The first-order chi connectivity index (χ1) is 15.2. The lowest BCUT2D eigenvalue weighted by Gasteiger charge is -2.05. The van der Waals surface area contributed by atoms with E-state index < -0.39 is 0 Å². The smallest absolute Gasteiger partial charge is 0.248 e. The van der Waals surface area contributed by atoms with Gasteiger partial charge in [-0.3, -0.25) is 4.79 Å². The summed E-state index contributed by atoms with van der Waals surface area (Å²) in [7, 11) is 1.65. The summed E-state index contributed by atoms with van der Waals surface area (Å²) < 4.78 is 5.25. The topological polar surface area (TPSA) is 63.2 Å². The molecule has 0 atom stereocenters. The van der Waals surface area contributed by atoms with E-state index in [1.807, 2.05) is 84.2 Å². The molecule has 3 aromatic carbocycles. The molecular weight excluding hydrogens is 406 g/mol. The quantitative estimate of drug-likeness (QED) is 0.344. The summed E-state index contributed by atoms with van der Waals surface area (Å²) in [6.45, 7) is 0. The Kier molecular flexibility index (Phi) is 6.40. The predicted octanol–water partition coefficient (Wildman–Crippen LogP) is 6.21. The molecule has 1 aromatic heterocycles. The summed E-state index contributed by atoms with van der Waals surface area (Å²) >= 11 is 1.53. The first-order valence-corrected chi connectivity index (χ1v) is 10.6. The third-order valence-corrected chi connectivity index (χ3v) is 5.26. The van der Waals surface area contributed by atoms with Gasteiger partial charge in [-0.05, 0) is 35.9 Å². The van der Waals surface area contributed by atoms with Crippen molar-refractivity contribution in [1.29, 1.82) is 0 Å². The van der Waals surface area contributed by atoms with Gasteiger partial charge in [0.1, 0.15) is 5.75 Å². The summed E-state index contributed by atoms with van der Waals surface area (Å²) in [6, 6.07) is 25.1. The highest BCUT2D eigenvalue weighted by Gasteiger charge is 2.06. The van der Waals surface area contributed by atoms with E-state index in [0.717, 1.165) is 39.1 Å². The molecule has 31 heavy (non-hydrogen) atoms. The molecule has 0 aliphatic rings. The van der Waals surface area contributed by atoms with Crippen molar-refractivity contribution in [3.8, 4) is 17.0 Å². The number of nitrogens with zero attached hydrogens (tertiary/aromatic N) is 1. The normalized spacial score (nSPS) is 10.7. The molecular formula is C25H21N3O2S. The Labute approximate surface area is 185 Å². The zero-order valence-electron chi connectivity index (χ0n) is 16.9. The molecule has 0 fully saturated rings. The third kappa shape index (κ3) is 5.58. The van der Waals surface area contributed by atoms with Crippen molar-refractivity contribution in [2.45, 2.75) is 0 Å². The Morgan fingerprint density at radius 3 is 2.55 bits per heavy atom. The Balaban J connectivity index is 1.38. The number of carbonyl (C=O) groups is 1. The van der Waals surface area contributed by atoms with E-state index in [1.54, 1.807) is 13.2 Å². The highest BCUT2D eigenvalue weighted by Crippen LogP contribution is 2.29. The molecule has 0 bridgehead atoms. The van der Waals surface area contributed by atoms with E-state index >= 15 is 0 Å². The lowest BCUT2D eigenvalue weighted by Crippen LogP contribution is -2.07. The second-order valence-electron chi connectivity index (χ2n) is 6.71.